The minimum atomic E-state index is -0.209. The second-order valence-corrected chi connectivity index (χ2v) is 4.57. The molecule has 94 valence electrons. The fourth-order valence-corrected chi connectivity index (χ4v) is 2.50. The number of carbonyl (C=O) groups is 1. The van der Waals surface area contributed by atoms with Gasteiger partial charge in [-0.1, -0.05) is 26.2 Å². The monoisotopic (exact) mass is 237 g/mol. The molecule has 2 rings (SSSR count). The molecular weight excluding hydrogens is 218 g/mol. The van der Waals surface area contributed by atoms with Gasteiger partial charge in [-0.05, 0) is 18.8 Å². The van der Waals surface area contributed by atoms with Gasteiger partial charge in [0.05, 0.1) is 0 Å². The highest BCUT2D eigenvalue weighted by atomic mass is 16.2. The number of nitrogens with zero attached hydrogens (tertiary/aromatic N) is 2. The number of aromatic nitrogens is 3. The quantitative estimate of drug-likeness (QED) is 0.733. The van der Waals surface area contributed by atoms with Crippen LogP contribution in [0.2, 0.25) is 0 Å². The van der Waals surface area contributed by atoms with Crippen LogP contribution in [-0.4, -0.2) is 27.1 Å². The average Bonchev–Trinajstić information content (AvgIpc) is 2.77. The first kappa shape index (κ1) is 11.9. The number of aromatic amines is 1. The van der Waals surface area contributed by atoms with E-state index in [0.29, 0.717) is 5.92 Å². The van der Waals surface area contributed by atoms with Crippen molar-refractivity contribution >= 4 is 11.9 Å². The number of amides is 1. The molecule has 4 N–H and O–H groups in total. The Morgan fingerprint density at radius 3 is 2.94 bits per heavy atom. The van der Waals surface area contributed by atoms with Crippen LogP contribution in [0.15, 0.2) is 0 Å². The summed E-state index contributed by atoms with van der Waals surface area (Å²) in [6.45, 7) is 2.17. The Hall–Kier alpha value is -1.59. The summed E-state index contributed by atoms with van der Waals surface area (Å²) >= 11 is 0. The number of anilines is 1. The maximum atomic E-state index is 11.9. The largest absolute Gasteiger partial charge is 0.366 e. The molecule has 2 atom stereocenters. The molecule has 0 saturated heterocycles. The van der Waals surface area contributed by atoms with Crippen molar-refractivity contribution in [3.8, 4) is 0 Å². The van der Waals surface area contributed by atoms with E-state index in [9.17, 15) is 4.79 Å². The van der Waals surface area contributed by atoms with E-state index in [1.165, 1.54) is 19.3 Å². The Morgan fingerprint density at radius 2 is 2.29 bits per heavy atom. The van der Waals surface area contributed by atoms with Crippen LogP contribution >= 0.6 is 0 Å². The Kier molecular flexibility index (Phi) is 3.61. The minimum Gasteiger partial charge on any atom is -0.366 e. The Balaban J connectivity index is 1.97. The topological polar surface area (TPSA) is 96.7 Å². The number of rotatable bonds is 3. The molecule has 0 aromatic carbocycles. The van der Waals surface area contributed by atoms with Crippen LogP contribution in [-0.2, 0) is 0 Å². The third-order valence-electron chi connectivity index (χ3n) is 3.47. The molecule has 1 fully saturated rings. The fraction of sp³-hybridized carbons (Fsp3) is 0.727. The van der Waals surface area contributed by atoms with Crippen molar-refractivity contribution in [3.05, 3.63) is 5.82 Å². The lowest BCUT2D eigenvalue weighted by atomic mass is 9.83. The first-order valence-electron chi connectivity index (χ1n) is 6.19. The summed E-state index contributed by atoms with van der Waals surface area (Å²) in [5, 5.41) is 9.20. The van der Waals surface area contributed by atoms with Crippen molar-refractivity contribution in [1.82, 2.24) is 20.5 Å². The van der Waals surface area contributed by atoms with E-state index in [2.05, 4.69) is 27.4 Å². The van der Waals surface area contributed by atoms with E-state index < -0.39 is 0 Å². The van der Waals surface area contributed by atoms with Crippen LogP contribution in [0.3, 0.4) is 0 Å². The molecular formula is C11H19N5O. The summed E-state index contributed by atoms with van der Waals surface area (Å²) in [5.74, 6) is 0.668. The Labute approximate surface area is 100 Å². The molecule has 1 aliphatic rings. The molecule has 1 heterocycles. The average molecular weight is 237 g/mol. The van der Waals surface area contributed by atoms with Gasteiger partial charge in [0.2, 0.25) is 11.8 Å². The van der Waals surface area contributed by atoms with Gasteiger partial charge in [0.15, 0.2) is 0 Å². The molecule has 6 nitrogen and oxygen atoms in total. The third kappa shape index (κ3) is 2.75. The van der Waals surface area contributed by atoms with E-state index in [1.807, 2.05) is 0 Å². The summed E-state index contributed by atoms with van der Waals surface area (Å²) in [6.07, 6.45) is 5.79. The highest BCUT2D eigenvalue weighted by Gasteiger charge is 2.26. The summed E-state index contributed by atoms with van der Waals surface area (Å²) < 4.78 is 0. The molecule has 1 saturated carbocycles. The maximum absolute atomic E-state index is 11.9. The van der Waals surface area contributed by atoms with Gasteiger partial charge in [0.25, 0.3) is 5.91 Å². The molecule has 0 bridgehead atoms. The van der Waals surface area contributed by atoms with E-state index in [0.717, 1.165) is 12.8 Å². The Morgan fingerprint density at radius 1 is 1.53 bits per heavy atom. The summed E-state index contributed by atoms with van der Waals surface area (Å²) in [6, 6.07) is 0.257. The van der Waals surface area contributed by atoms with E-state index >= 15 is 0 Å². The second-order valence-electron chi connectivity index (χ2n) is 4.57. The normalized spacial score (nSPS) is 24.5. The van der Waals surface area contributed by atoms with Crippen molar-refractivity contribution in [3.63, 3.8) is 0 Å². The summed E-state index contributed by atoms with van der Waals surface area (Å²) in [4.78, 5) is 15.7. The lowest BCUT2D eigenvalue weighted by Crippen LogP contribution is -2.42. The zero-order valence-corrected chi connectivity index (χ0v) is 10.1. The Bertz CT molecular complexity index is 389. The van der Waals surface area contributed by atoms with Crippen molar-refractivity contribution in [2.24, 2.45) is 5.92 Å². The van der Waals surface area contributed by atoms with Crippen LogP contribution in [0.1, 0.15) is 49.6 Å². The number of H-pyrrole nitrogens is 1. The highest BCUT2D eigenvalue weighted by Crippen LogP contribution is 2.26. The van der Waals surface area contributed by atoms with Gasteiger partial charge in [-0.25, -0.2) is 0 Å². The van der Waals surface area contributed by atoms with E-state index in [-0.39, 0.29) is 23.7 Å². The molecule has 1 aliphatic carbocycles. The first-order chi connectivity index (χ1) is 8.20. The molecule has 1 aromatic heterocycles. The molecule has 2 unspecified atom stereocenters. The van der Waals surface area contributed by atoms with Crippen molar-refractivity contribution in [1.29, 1.82) is 0 Å². The molecule has 1 amide bonds. The highest BCUT2D eigenvalue weighted by molar-refractivity contribution is 5.90. The molecule has 0 spiro atoms. The van der Waals surface area contributed by atoms with Crippen LogP contribution in [0, 0.1) is 5.92 Å². The zero-order chi connectivity index (χ0) is 12.3. The van der Waals surface area contributed by atoms with Gasteiger partial charge >= 0.3 is 0 Å². The number of hydrogen-bond donors (Lipinski definition) is 3. The second kappa shape index (κ2) is 5.16. The lowest BCUT2D eigenvalue weighted by molar-refractivity contribution is 0.0894. The predicted molar refractivity (Wildman–Crippen MR) is 64.3 cm³/mol. The van der Waals surface area contributed by atoms with Crippen molar-refractivity contribution in [2.75, 3.05) is 5.73 Å². The molecule has 17 heavy (non-hydrogen) atoms. The number of nitrogens with one attached hydrogen (secondary N) is 2. The third-order valence-corrected chi connectivity index (χ3v) is 3.47. The lowest BCUT2D eigenvalue weighted by Gasteiger charge is -2.31. The summed E-state index contributed by atoms with van der Waals surface area (Å²) in [7, 11) is 0. The summed E-state index contributed by atoms with van der Waals surface area (Å²) in [5.41, 5.74) is 5.37. The van der Waals surface area contributed by atoms with Gasteiger partial charge in [-0.2, -0.15) is 4.98 Å². The van der Waals surface area contributed by atoms with Gasteiger partial charge in [0.1, 0.15) is 0 Å². The fourth-order valence-electron chi connectivity index (χ4n) is 2.50. The first-order valence-corrected chi connectivity index (χ1v) is 6.19. The number of hydrogen-bond acceptors (Lipinski definition) is 4. The smallest absolute Gasteiger partial charge is 0.288 e. The molecule has 1 aromatic rings. The standard InChI is InChI=1S/C11H19N5O/c1-2-7-5-3-4-6-8(7)13-10(17)9-14-11(12)16-15-9/h7-8H,2-6H2,1H3,(H,13,17)(H3,12,14,15,16). The van der Waals surface area contributed by atoms with E-state index in [4.69, 9.17) is 5.73 Å². The van der Waals surface area contributed by atoms with Gasteiger partial charge in [-0.15, -0.1) is 5.10 Å². The predicted octanol–water partition coefficient (Wildman–Crippen LogP) is 1.09. The zero-order valence-electron chi connectivity index (χ0n) is 10.1. The van der Waals surface area contributed by atoms with Crippen LogP contribution in [0.4, 0.5) is 5.95 Å². The van der Waals surface area contributed by atoms with Crippen LogP contribution < -0.4 is 11.1 Å². The molecule has 6 heteroatoms. The van der Waals surface area contributed by atoms with Crippen LogP contribution in [0.25, 0.3) is 0 Å². The molecule has 0 radical (unpaired) electrons. The van der Waals surface area contributed by atoms with Gasteiger partial charge in [-0.3, -0.25) is 9.89 Å². The maximum Gasteiger partial charge on any atom is 0.288 e. The van der Waals surface area contributed by atoms with E-state index in [1.54, 1.807) is 0 Å². The van der Waals surface area contributed by atoms with Gasteiger partial charge in [0, 0.05) is 6.04 Å². The van der Waals surface area contributed by atoms with Gasteiger partial charge < -0.3 is 11.1 Å². The number of nitrogens with two attached hydrogens (primary N) is 1. The van der Waals surface area contributed by atoms with Crippen molar-refractivity contribution in [2.45, 2.75) is 45.1 Å². The minimum absolute atomic E-state index is 0.103. The van der Waals surface area contributed by atoms with Crippen molar-refractivity contribution < 1.29 is 4.79 Å². The molecule has 0 aliphatic heterocycles. The van der Waals surface area contributed by atoms with Crippen LogP contribution in [0.5, 0.6) is 0 Å². The number of nitrogen functional groups attached to an aromatic ring is 1. The number of carbonyl (C=O) groups excluding carboxylic acids is 1. The SMILES string of the molecule is CCC1CCCCC1NC(=O)c1nc(N)n[nH]1.